The Morgan fingerprint density at radius 2 is 1.94 bits per heavy atom. The minimum atomic E-state index is -0.809. The molecular formula is C14H20F2N2. The molecule has 0 unspecified atom stereocenters. The van der Waals surface area contributed by atoms with E-state index >= 15 is 0 Å². The monoisotopic (exact) mass is 254 g/mol. The summed E-state index contributed by atoms with van der Waals surface area (Å²) >= 11 is 0. The van der Waals surface area contributed by atoms with E-state index < -0.39 is 11.6 Å². The van der Waals surface area contributed by atoms with E-state index in [1.165, 1.54) is 12.8 Å². The number of anilines is 1. The van der Waals surface area contributed by atoms with Gasteiger partial charge in [-0.3, -0.25) is 0 Å². The second-order valence-electron chi connectivity index (χ2n) is 5.27. The van der Waals surface area contributed by atoms with Gasteiger partial charge in [-0.05, 0) is 38.7 Å². The van der Waals surface area contributed by atoms with Crippen molar-refractivity contribution in [2.75, 3.05) is 11.4 Å². The maximum absolute atomic E-state index is 14.1. The molecule has 1 aliphatic carbocycles. The number of benzene rings is 1. The Hall–Kier alpha value is -1.16. The van der Waals surface area contributed by atoms with E-state index in [1.807, 2.05) is 18.7 Å². The van der Waals surface area contributed by atoms with Crippen LogP contribution in [0.2, 0.25) is 0 Å². The third-order valence-corrected chi connectivity index (χ3v) is 3.45. The maximum Gasteiger partial charge on any atom is 0.182 e. The molecule has 100 valence electrons. The first kappa shape index (κ1) is 13.3. The SMILES string of the molecule is CC(C)N(CC1CC1)c1ccc(CN)c(F)c1F. The summed E-state index contributed by atoms with van der Waals surface area (Å²) in [5, 5.41) is 0. The van der Waals surface area contributed by atoms with Crippen molar-refractivity contribution in [3.63, 3.8) is 0 Å². The van der Waals surface area contributed by atoms with Crippen molar-refractivity contribution in [3.05, 3.63) is 29.3 Å². The minimum absolute atomic E-state index is 0.0212. The molecule has 18 heavy (non-hydrogen) atoms. The van der Waals surface area contributed by atoms with Gasteiger partial charge in [0.05, 0.1) is 5.69 Å². The van der Waals surface area contributed by atoms with Crippen LogP contribution in [0.3, 0.4) is 0 Å². The molecule has 2 N–H and O–H groups in total. The fourth-order valence-electron chi connectivity index (χ4n) is 2.12. The summed E-state index contributed by atoms with van der Waals surface area (Å²) in [7, 11) is 0. The molecule has 0 bridgehead atoms. The zero-order chi connectivity index (χ0) is 13.3. The molecule has 1 fully saturated rings. The van der Waals surface area contributed by atoms with E-state index in [4.69, 9.17) is 5.73 Å². The molecule has 0 heterocycles. The molecule has 4 heteroatoms. The second kappa shape index (κ2) is 5.22. The predicted molar refractivity (Wildman–Crippen MR) is 69.5 cm³/mol. The molecular weight excluding hydrogens is 234 g/mol. The van der Waals surface area contributed by atoms with Crippen molar-refractivity contribution in [2.45, 2.75) is 39.3 Å². The summed E-state index contributed by atoms with van der Waals surface area (Å²) in [6.45, 7) is 4.82. The Balaban J connectivity index is 2.31. The first-order chi connectivity index (χ1) is 8.54. The summed E-state index contributed by atoms with van der Waals surface area (Å²) < 4.78 is 27.8. The van der Waals surface area contributed by atoms with Gasteiger partial charge in [0.25, 0.3) is 0 Å². The molecule has 1 aromatic carbocycles. The third-order valence-electron chi connectivity index (χ3n) is 3.45. The van der Waals surface area contributed by atoms with E-state index in [-0.39, 0.29) is 18.2 Å². The first-order valence-electron chi connectivity index (χ1n) is 6.48. The third kappa shape index (κ3) is 2.64. The van der Waals surface area contributed by atoms with Crippen molar-refractivity contribution in [3.8, 4) is 0 Å². The van der Waals surface area contributed by atoms with Gasteiger partial charge in [-0.1, -0.05) is 6.07 Å². The summed E-state index contributed by atoms with van der Waals surface area (Å²) in [6, 6.07) is 3.38. The van der Waals surface area contributed by atoms with Crippen LogP contribution in [0.4, 0.5) is 14.5 Å². The number of hydrogen-bond donors (Lipinski definition) is 1. The van der Waals surface area contributed by atoms with Crippen LogP contribution in [0.15, 0.2) is 12.1 Å². The molecule has 2 nitrogen and oxygen atoms in total. The summed E-state index contributed by atoms with van der Waals surface area (Å²) in [4.78, 5) is 1.94. The highest BCUT2D eigenvalue weighted by atomic mass is 19.2. The predicted octanol–water partition coefficient (Wildman–Crippen LogP) is 3.05. The zero-order valence-corrected chi connectivity index (χ0v) is 10.9. The smallest absolute Gasteiger partial charge is 0.182 e. The lowest BCUT2D eigenvalue weighted by Gasteiger charge is -2.29. The molecule has 0 aromatic heterocycles. The van der Waals surface area contributed by atoms with E-state index in [0.717, 1.165) is 6.54 Å². The molecule has 1 saturated carbocycles. The van der Waals surface area contributed by atoms with Crippen LogP contribution in [0.25, 0.3) is 0 Å². The van der Waals surface area contributed by atoms with Crippen LogP contribution in [0.5, 0.6) is 0 Å². The molecule has 1 aromatic rings. The summed E-state index contributed by atoms with van der Waals surface area (Å²) in [5.74, 6) is -0.951. The molecule has 0 spiro atoms. The standard InChI is InChI=1S/C14H20F2N2/c1-9(2)18(8-10-3-4-10)12-6-5-11(7-17)13(15)14(12)16/h5-6,9-10H,3-4,7-8,17H2,1-2H3. The van der Waals surface area contributed by atoms with Gasteiger partial charge in [-0.2, -0.15) is 0 Å². The van der Waals surface area contributed by atoms with Crippen molar-refractivity contribution >= 4 is 5.69 Å². The van der Waals surface area contributed by atoms with Crippen LogP contribution >= 0.6 is 0 Å². The Kier molecular flexibility index (Phi) is 3.85. The fourth-order valence-corrected chi connectivity index (χ4v) is 2.12. The van der Waals surface area contributed by atoms with Gasteiger partial charge in [-0.15, -0.1) is 0 Å². The van der Waals surface area contributed by atoms with Crippen molar-refractivity contribution in [1.82, 2.24) is 0 Å². The van der Waals surface area contributed by atoms with Gasteiger partial charge in [0.1, 0.15) is 0 Å². The molecule has 0 atom stereocenters. The van der Waals surface area contributed by atoms with E-state index in [9.17, 15) is 8.78 Å². The lowest BCUT2D eigenvalue weighted by atomic mass is 10.1. The largest absolute Gasteiger partial charge is 0.366 e. The Labute approximate surface area is 107 Å². The quantitative estimate of drug-likeness (QED) is 0.875. The molecule has 0 aliphatic heterocycles. The topological polar surface area (TPSA) is 29.3 Å². The van der Waals surface area contributed by atoms with Gasteiger partial charge in [-0.25, -0.2) is 8.78 Å². The first-order valence-corrected chi connectivity index (χ1v) is 6.48. The molecule has 2 rings (SSSR count). The highest BCUT2D eigenvalue weighted by Crippen LogP contribution is 2.34. The van der Waals surface area contributed by atoms with Crippen LogP contribution in [-0.2, 0) is 6.54 Å². The number of nitrogens with two attached hydrogens (primary N) is 1. The molecule has 1 aliphatic rings. The highest BCUT2D eigenvalue weighted by molar-refractivity contribution is 5.50. The lowest BCUT2D eigenvalue weighted by molar-refractivity contribution is 0.492. The number of halogens is 2. The van der Waals surface area contributed by atoms with Crippen LogP contribution in [0.1, 0.15) is 32.3 Å². The van der Waals surface area contributed by atoms with E-state index in [1.54, 1.807) is 12.1 Å². The molecule has 0 amide bonds. The van der Waals surface area contributed by atoms with Crippen molar-refractivity contribution in [1.29, 1.82) is 0 Å². The van der Waals surface area contributed by atoms with E-state index in [0.29, 0.717) is 11.6 Å². The molecule has 0 radical (unpaired) electrons. The average Bonchev–Trinajstić information content (AvgIpc) is 3.14. The normalized spacial score (nSPS) is 15.2. The highest BCUT2D eigenvalue weighted by Gasteiger charge is 2.28. The summed E-state index contributed by atoms with van der Waals surface area (Å²) in [6.07, 6.45) is 2.38. The number of hydrogen-bond acceptors (Lipinski definition) is 2. The maximum atomic E-state index is 14.1. The number of nitrogens with zero attached hydrogens (tertiary/aromatic N) is 1. The Bertz CT molecular complexity index is 428. The van der Waals surface area contributed by atoms with Gasteiger partial charge in [0.2, 0.25) is 0 Å². The lowest BCUT2D eigenvalue weighted by Crippen LogP contribution is -2.33. The van der Waals surface area contributed by atoms with Crippen molar-refractivity contribution < 1.29 is 8.78 Å². The summed E-state index contributed by atoms with van der Waals surface area (Å²) in [5.41, 5.74) is 5.96. The second-order valence-corrected chi connectivity index (χ2v) is 5.27. The van der Waals surface area contributed by atoms with Crippen LogP contribution in [-0.4, -0.2) is 12.6 Å². The number of rotatable bonds is 5. The van der Waals surface area contributed by atoms with Gasteiger partial charge in [0, 0.05) is 24.7 Å². The fraction of sp³-hybridized carbons (Fsp3) is 0.571. The average molecular weight is 254 g/mol. The minimum Gasteiger partial charge on any atom is -0.366 e. The molecule has 0 saturated heterocycles. The van der Waals surface area contributed by atoms with Gasteiger partial charge < -0.3 is 10.6 Å². The Morgan fingerprint density at radius 1 is 1.28 bits per heavy atom. The van der Waals surface area contributed by atoms with Gasteiger partial charge in [0.15, 0.2) is 11.6 Å². The van der Waals surface area contributed by atoms with Crippen LogP contribution in [0, 0.1) is 17.6 Å². The van der Waals surface area contributed by atoms with Crippen LogP contribution < -0.4 is 10.6 Å². The Morgan fingerprint density at radius 3 is 2.44 bits per heavy atom. The van der Waals surface area contributed by atoms with Crippen molar-refractivity contribution in [2.24, 2.45) is 11.7 Å². The van der Waals surface area contributed by atoms with E-state index in [2.05, 4.69) is 0 Å². The van der Waals surface area contributed by atoms with Gasteiger partial charge >= 0.3 is 0 Å². The zero-order valence-electron chi connectivity index (χ0n) is 10.9.